The summed E-state index contributed by atoms with van der Waals surface area (Å²) in [7, 11) is 0. The molecule has 0 bridgehead atoms. The molecule has 0 aromatic heterocycles. The lowest BCUT2D eigenvalue weighted by Crippen LogP contribution is -2.42. The number of benzene rings is 2. The molecule has 0 aliphatic carbocycles. The maximum Gasteiger partial charge on any atom is 0.255 e. The van der Waals surface area contributed by atoms with E-state index in [4.69, 9.17) is 15.2 Å². The van der Waals surface area contributed by atoms with Gasteiger partial charge in [0.15, 0.2) is 18.1 Å². The smallest absolute Gasteiger partial charge is 0.255 e. The molecule has 29 heavy (non-hydrogen) atoms. The third-order valence-electron chi connectivity index (χ3n) is 5.32. The molecule has 0 radical (unpaired) electrons. The summed E-state index contributed by atoms with van der Waals surface area (Å²) in [5, 5.41) is 11.1. The first-order chi connectivity index (χ1) is 13.9. The number of nitrogens with zero attached hydrogens (tertiary/aromatic N) is 1. The zero-order valence-corrected chi connectivity index (χ0v) is 17.2. The van der Waals surface area contributed by atoms with Gasteiger partial charge in [-0.2, -0.15) is 0 Å². The van der Waals surface area contributed by atoms with Crippen LogP contribution in [0.1, 0.15) is 36.5 Å². The average Bonchev–Trinajstić information content (AvgIpc) is 2.69. The van der Waals surface area contributed by atoms with Crippen LogP contribution in [0.15, 0.2) is 42.5 Å². The lowest BCUT2D eigenvalue weighted by Gasteiger charge is -2.38. The van der Waals surface area contributed by atoms with E-state index in [1.54, 1.807) is 0 Å². The van der Waals surface area contributed by atoms with E-state index >= 15 is 0 Å². The Balaban J connectivity index is 1.63. The Labute approximate surface area is 172 Å². The minimum absolute atomic E-state index is 0.177. The average molecular weight is 399 g/mol. The highest BCUT2D eigenvalue weighted by atomic mass is 16.5. The Kier molecular flexibility index (Phi) is 6.77. The number of carbonyl (C=O) groups is 1. The predicted octanol–water partition coefficient (Wildman–Crippen LogP) is 2.74. The molecule has 6 heteroatoms. The van der Waals surface area contributed by atoms with Gasteiger partial charge in [0.1, 0.15) is 0 Å². The van der Waals surface area contributed by atoms with Crippen molar-refractivity contribution in [2.24, 2.45) is 5.73 Å². The van der Waals surface area contributed by atoms with Gasteiger partial charge in [0.25, 0.3) is 5.91 Å². The van der Waals surface area contributed by atoms with Gasteiger partial charge in [-0.1, -0.05) is 35.9 Å². The van der Waals surface area contributed by atoms with Crippen molar-refractivity contribution in [3.63, 3.8) is 0 Å². The highest BCUT2D eigenvalue weighted by Crippen LogP contribution is 2.34. The summed E-state index contributed by atoms with van der Waals surface area (Å²) >= 11 is 0. The first-order valence-corrected chi connectivity index (χ1v) is 10.1. The lowest BCUT2D eigenvalue weighted by atomic mass is 9.84. The van der Waals surface area contributed by atoms with E-state index < -0.39 is 11.5 Å². The molecule has 1 saturated heterocycles. The Morgan fingerprint density at radius 2 is 1.90 bits per heavy atom. The molecule has 0 saturated carbocycles. The van der Waals surface area contributed by atoms with Crippen molar-refractivity contribution in [3.8, 4) is 11.5 Å². The van der Waals surface area contributed by atoms with Gasteiger partial charge in [-0.25, -0.2) is 0 Å². The first kappa shape index (κ1) is 21.1. The van der Waals surface area contributed by atoms with Crippen LogP contribution in [0.4, 0.5) is 0 Å². The van der Waals surface area contributed by atoms with Crippen molar-refractivity contribution >= 4 is 5.91 Å². The summed E-state index contributed by atoms with van der Waals surface area (Å²) in [4.78, 5) is 13.3. The molecule has 1 aliphatic rings. The zero-order chi connectivity index (χ0) is 20.9. The Morgan fingerprint density at radius 3 is 2.55 bits per heavy atom. The molecule has 156 valence electrons. The van der Waals surface area contributed by atoms with E-state index in [1.807, 2.05) is 37.3 Å². The summed E-state index contributed by atoms with van der Waals surface area (Å²) in [6.07, 6.45) is 1.41. The van der Waals surface area contributed by atoms with Crippen LogP contribution in [0.5, 0.6) is 11.5 Å². The molecule has 0 atom stereocenters. The van der Waals surface area contributed by atoms with Crippen molar-refractivity contribution in [3.05, 3.63) is 59.2 Å². The SMILES string of the molecule is CCOc1cc(CN2CCC(O)(c3cccc(C)c3)CC2)ccc1OCC(N)=O. The number of carbonyl (C=O) groups excluding carboxylic acids is 1. The number of amides is 1. The standard InChI is InChI=1S/C23H30N2O4/c1-3-28-21-14-18(7-8-20(21)29-16-22(24)26)15-25-11-9-23(27,10-12-25)19-6-4-5-17(2)13-19/h4-8,13-14,27H,3,9-12,15-16H2,1-2H3,(H2,24,26). The van der Waals surface area contributed by atoms with Gasteiger partial charge in [0.05, 0.1) is 12.2 Å². The number of hydrogen-bond acceptors (Lipinski definition) is 5. The van der Waals surface area contributed by atoms with Crippen molar-refractivity contribution in [2.45, 2.75) is 38.8 Å². The molecular weight excluding hydrogens is 368 g/mol. The maximum absolute atomic E-state index is 11.1. The fraction of sp³-hybridized carbons (Fsp3) is 0.435. The van der Waals surface area contributed by atoms with Crippen LogP contribution in [0.25, 0.3) is 0 Å². The number of rotatable bonds is 8. The highest BCUT2D eigenvalue weighted by molar-refractivity contribution is 5.75. The van der Waals surface area contributed by atoms with Crippen molar-refractivity contribution in [1.82, 2.24) is 4.90 Å². The minimum Gasteiger partial charge on any atom is -0.490 e. The van der Waals surface area contributed by atoms with Crippen LogP contribution in [0.3, 0.4) is 0 Å². The van der Waals surface area contributed by atoms with E-state index in [0.29, 0.717) is 30.9 Å². The summed E-state index contributed by atoms with van der Waals surface area (Å²) in [5.74, 6) is 0.604. The second kappa shape index (κ2) is 9.29. The normalized spacial score (nSPS) is 16.4. The van der Waals surface area contributed by atoms with Gasteiger partial charge in [0, 0.05) is 19.6 Å². The molecule has 1 aliphatic heterocycles. The van der Waals surface area contributed by atoms with Gasteiger partial charge < -0.3 is 20.3 Å². The van der Waals surface area contributed by atoms with Crippen LogP contribution in [0, 0.1) is 6.92 Å². The van der Waals surface area contributed by atoms with Gasteiger partial charge >= 0.3 is 0 Å². The van der Waals surface area contributed by atoms with Crippen LogP contribution < -0.4 is 15.2 Å². The number of likely N-dealkylation sites (tertiary alicyclic amines) is 1. The van der Waals surface area contributed by atoms with Crippen LogP contribution >= 0.6 is 0 Å². The van der Waals surface area contributed by atoms with Crippen LogP contribution in [-0.4, -0.2) is 42.2 Å². The van der Waals surface area contributed by atoms with Crippen LogP contribution in [-0.2, 0) is 16.9 Å². The molecule has 3 rings (SSSR count). The molecule has 0 spiro atoms. The van der Waals surface area contributed by atoms with E-state index in [-0.39, 0.29) is 6.61 Å². The largest absolute Gasteiger partial charge is 0.490 e. The lowest BCUT2D eigenvalue weighted by molar-refractivity contribution is -0.119. The summed E-state index contributed by atoms with van der Waals surface area (Å²) in [6.45, 7) is 6.67. The monoisotopic (exact) mass is 398 g/mol. The summed E-state index contributed by atoms with van der Waals surface area (Å²) in [6, 6.07) is 13.9. The van der Waals surface area contributed by atoms with Crippen molar-refractivity contribution < 1.29 is 19.4 Å². The predicted molar refractivity (Wildman–Crippen MR) is 112 cm³/mol. The second-order valence-electron chi connectivity index (χ2n) is 7.65. The van der Waals surface area contributed by atoms with Crippen LogP contribution in [0.2, 0.25) is 0 Å². The first-order valence-electron chi connectivity index (χ1n) is 10.1. The Bertz CT molecular complexity index is 845. The fourth-order valence-corrected chi connectivity index (χ4v) is 3.75. The Hall–Kier alpha value is -2.57. The number of piperidine rings is 1. The minimum atomic E-state index is -0.758. The number of primary amides is 1. The molecule has 2 aromatic rings. The van der Waals surface area contributed by atoms with E-state index in [1.165, 1.54) is 5.56 Å². The fourth-order valence-electron chi connectivity index (χ4n) is 3.75. The van der Waals surface area contributed by atoms with E-state index in [9.17, 15) is 9.90 Å². The zero-order valence-electron chi connectivity index (χ0n) is 17.2. The maximum atomic E-state index is 11.1. The van der Waals surface area contributed by atoms with E-state index in [0.717, 1.165) is 30.8 Å². The second-order valence-corrected chi connectivity index (χ2v) is 7.65. The highest BCUT2D eigenvalue weighted by Gasteiger charge is 2.33. The van der Waals surface area contributed by atoms with Gasteiger partial charge in [-0.05, 0) is 49.9 Å². The van der Waals surface area contributed by atoms with Crippen molar-refractivity contribution in [2.75, 3.05) is 26.3 Å². The third kappa shape index (κ3) is 5.49. The van der Waals surface area contributed by atoms with Gasteiger partial charge in [-0.3, -0.25) is 9.69 Å². The van der Waals surface area contributed by atoms with E-state index in [2.05, 4.69) is 24.0 Å². The van der Waals surface area contributed by atoms with Gasteiger partial charge in [0.2, 0.25) is 0 Å². The number of nitrogens with two attached hydrogens (primary N) is 1. The number of ether oxygens (including phenoxy) is 2. The molecule has 1 fully saturated rings. The summed E-state index contributed by atoms with van der Waals surface area (Å²) < 4.78 is 11.1. The number of hydrogen-bond donors (Lipinski definition) is 2. The number of aliphatic hydroxyl groups is 1. The molecule has 2 aromatic carbocycles. The third-order valence-corrected chi connectivity index (χ3v) is 5.32. The molecule has 3 N–H and O–H groups in total. The number of aryl methyl sites for hydroxylation is 1. The topological polar surface area (TPSA) is 85.0 Å². The Morgan fingerprint density at radius 1 is 1.14 bits per heavy atom. The summed E-state index contributed by atoms with van der Waals surface area (Å²) in [5.41, 5.74) is 7.67. The molecule has 1 heterocycles. The molecular formula is C23H30N2O4. The quantitative estimate of drug-likeness (QED) is 0.714. The van der Waals surface area contributed by atoms with Gasteiger partial charge in [-0.15, -0.1) is 0 Å². The van der Waals surface area contributed by atoms with Crippen molar-refractivity contribution in [1.29, 1.82) is 0 Å². The molecule has 1 amide bonds. The molecule has 6 nitrogen and oxygen atoms in total. The molecule has 0 unspecified atom stereocenters.